The number of hydrogen-bond donors (Lipinski definition) is 1. The number of carbonyl (C=O) groups is 2. The van der Waals surface area contributed by atoms with Gasteiger partial charge < -0.3 is 14.7 Å². The summed E-state index contributed by atoms with van der Waals surface area (Å²) in [7, 11) is 0. The summed E-state index contributed by atoms with van der Waals surface area (Å²) in [6.45, 7) is 12.8. The molecule has 6 nitrogen and oxygen atoms in total. The number of rotatable bonds is 8. The van der Waals surface area contributed by atoms with Crippen molar-refractivity contribution in [3.05, 3.63) is 41.1 Å². The first-order valence-corrected chi connectivity index (χ1v) is 9.80. The highest BCUT2D eigenvalue weighted by molar-refractivity contribution is 5.93. The molecule has 28 heavy (non-hydrogen) atoms. The van der Waals surface area contributed by atoms with E-state index in [9.17, 15) is 9.59 Å². The molecule has 1 aromatic heterocycles. The van der Waals surface area contributed by atoms with E-state index in [2.05, 4.69) is 10.5 Å². The van der Waals surface area contributed by atoms with Crippen molar-refractivity contribution in [1.29, 1.82) is 0 Å². The molecule has 1 heterocycles. The summed E-state index contributed by atoms with van der Waals surface area (Å²) in [5.74, 6) is 0.577. The number of nitrogens with zero attached hydrogens (tertiary/aromatic N) is 2. The highest BCUT2D eigenvalue weighted by Gasteiger charge is 2.22. The van der Waals surface area contributed by atoms with E-state index in [0.29, 0.717) is 18.8 Å². The number of hydrogen-bond acceptors (Lipinski definition) is 4. The fourth-order valence-electron chi connectivity index (χ4n) is 3.01. The quantitative estimate of drug-likeness (QED) is 0.746. The predicted octanol–water partition coefficient (Wildman–Crippen LogP) is 3.97. The highest BCUT2D eigenvalue weighted by Crippen LogP contribution is 2.25. The van der Waals surface area contributed by atoms with Crippen molar-refractivity contribution in [2.75, 3.05) is 13.1 Å². The molecule has 0 radical (unpaired) electrons. The van der Waals surface area contributed by atoms with Gasteiger partial charge in [0, 0.05) is 37.2 Å². The van der Waals surface area contributed by atoms with Crippen molar-refractivity contribution in [2.45, 2.75) is 54.0 Å². The standard InChI is InChI=1S/C22H31N3O3/c1-14(2)13-25(10-9-21(26)23-15(3)4)22(27)19-12-20(28-24-19)18-11-16(5)7-8-17(18)6/h7-8,11-12,14-15H,9-10,13H2,1-6H3,(H,23,26). The Labute approximate surface area is 167 Å². The van der Waals surface area contributed by atoms with E-state index in [1.165, 1.54) is 0 Å². The third-order valence-corrected chi connectivity index (χ3v) is 4.32. The zero-order valence-electron chi connectivity index (χ0n) is 17.7. The SMILES string of the molecule is Cc1ccc(C)c(-c2cc(C(=O)N(CCC(=O)NC(C)C)CC(C)C)no2)c1. The third kappa shape index (κ3) is 5.94. The molecule has 0 atom stereocenters. The molecular weight excluding hydrogens is 354 g/mol. The molecule has 1 N–H and O–H groups in total. The van der Waals surface area contributed by atoms with Crippen LogP contribution in [0.25, 0.3) is 11.3 Å². The van der Waals surface area contributed by atoms with Crippen molar-refractivity contribution >= 4 is 11.8 Å². The summed E-state index contributed by atoms with van der Waals surface area (Å²) in [6.07, 6.45) is 0.262. The van der Waals surface area contributed by atoms with E-state index >= 15 is 0 Å². The van der Waals surface area contributed by atoms with E-state index < -0.39 is 0 Å². The molecule has 1 aromatic carbocycles. The molecule has 0 bridgehead atoms. The average molecular weight is 386 g/mol. The van der Waals surface area contributed by atoms with Gasteiger partial charge in [-0.15, -0.1) is 0 Å². The lowest BCUT2D eigenvalue weighted by Crippen LogP contribution is -2.38. The van der Waals surface area contributed by atoms with Crippen LogP contribution in [0.3, 0.4) is 0 Å². The smallest absolute Gasteiger partial charge is 0.276 e. The fourth-order valence-corrected chi connectivity index (χ4v) is 3.01. The molecule has 2 amide bonds. The van der Waals surface area contributed by atoms with Crippen LogP contribution in [0.1, 0.15) is 55.7 Å². The fraction of sp³-hybridized carbons (Fsp3) is 0.500. The average Bonchev–Trinajstić information content (AvgIpc) is 3.09. The maximum Gasteiger partial charge on any atom is 0.276 e. The predicted molar refractivity (Wildman–Crippen MR) is 110 cm³/mol. The van der Waals surface area contributed by atoms with Crippen molar-refractivity contribution in [2.24, 2.45) is 5.92 Å². The summed E-state index contributed by atoms with van der Waals surface area (Å²) >= 11 is 0. The van der Waals surface area contributed by atoms with Crippen LogP contribution in [0, 0.1) is 19.8 Å². The molecule has 0 spiro atoms. The lowest BCUT2D eigenvalue weighted by Gasteiger charge is -2.23. The Kier molecular flexibility index (Phi) is 7.38. The topological polar surface area (TPSA) is 75.4 Å². The summed E-state index contributed by atoms with van der Waals surface area (Å²) in [6, 6.07) is 7.84. The van der Waals surface area contributed by atoms with Crippen LogP contribution in [0.15, 0.2) is 28.8 Å². The Balaban J connectivity index is 2.16. The molecule has 0 aliphatic heterocycles. The second-order valence-corrected chi connectivity index (χ2v) is 8.01. The van der Waals surface area contributed by atoms with E-state index in [4.69, 9.17) is 4.52 Å². The van der Waals surface area contributed by atoms with Crippen LogP contribution >= 0.6 is 0 Å². The van der Waals surface area contributed by atoms with E-state index in [-0.39, 0.29) is 35.9 Å². The van der Waals surface area contributed by atoms with E-state index in [0.717, 1.165) is 16.7 Å². The Bertz CT molecular complexity index is 824. The second-order valence-electron chi connectivity index (χ2n) is 8.01. The van der Waals surface area contributed by atoms with Crippen molar-refractivity contribution in [3.63, 3.8) is 0 Å². The van der Waals surface area contributed by atoms with E-state index in [1.807, 2.05) is 59.7 Å². The van der Waals surface area contributed by atoms with Gasteiger partial charge in [-0.1, -0.05) is 36.7 Å². The van der Waals surface area contributed by atoms with E-state index in [1.54, 1.807) is 11.0 Å². The van der Waals surface area contributed by atoms with Gasteiger partial charge in [-0.3, -0.25) is 9.59 Å². The first-order valence-electron chi connectivity index (χ1n) is 9.80. The maximum atomic E-state index is 13.0. The largest absolute Gasteiger partial charge is 0.355 e. The molecule has 2 rings (SSSR count). The van der Waals surface area contributed by atoms with Crippen LogP contribution in [0.5, 0.6) is 0 Å². The highest BCUT2D eigenvalue weighted by atomic mass is 16.5. The van der Waals surface area contributed by atoms with Crippen LogP contribution in [0.2, 0.25) is 0 Å². The first-order chi connectivity index (χ1) is 13.2. The minimum atomic E-state index is -0.216. The maximum absolute atomic E-state index is 13.0. The number of aryl methyl sites for hydroxylation is 2. The minimum absolute atomic E-state index is 0.0622. The number of amides is 2. The van der Waals surface area contributed by atoms with Crippen molar-refractivity contribution < 1.29 is 14.1 Å². The Morgan fingerprint density at radius 3 is 2.50 bits per heavy atom. The molecule has 0 aliphatic rings. The molecule has 0 fully saturated rings. The van der Waals surface area contributed by atoms with Gasteiger partial charge in [-0.25, -0.2) is 0 Å². The summed E-state index contributed by atoms with van der Waals surface area (Å²) in [5, 5.41) is 6.86. The van der Waals surface area contributed by atoms with Gasteiger partial charge in [0.1, 0.15) is 0 Å². The Morgan fingerprint density at radius 1 is 1.14 bits per heavy atom. The van der Waals surface area contributed by atoms with Gasteiger partial charge >= 0.3 is 0 Å². The van der Waals surface area contributed by atoms with Gasteiger partial charge in [-0.05, 0) is 45.2 Å². The second kappa shape index (κ2) is 9.53. The van der Waals surface area contributed by atoms with Crippen molar-refractivity contribution in [3.8, 4) is 11.3 Å². The van der Waals surface area contributed by atoms with Crippen LogP contribution < -0.4 is 5.32 Å². The summed E-state index contributed by atoms with van der Waals surface area (Å²) < 4.78 is 5.46. The van der Waals surface area contributed by atoms with Crippen LogP contribution in [-0.2, 0) is 4.79 Å². The van der Waals surface area contributed by atoms with Gasteiger partial charge in [0.05, 0.1) is 0 Å². The first kappa shape index (κ1) is 21.7. The summed E-state index contributed by atoms with van der Waals surface area (Å²) in [4.78, 5) is 26.6. The molecule has 0 unspecified atom stereocenters. The normalized spacial score (nSPS) is 11.1. The lowest BCUT2D eigenvalue weighted by molar-refractivity contribution is -0.121. The zero-order chi connectivity index (χ0) is 20.8. The number of aromatic nitrogens is 1. The summed E-state index contributed by atoms with van der Waals surface area (Å²) in [5.41, 5.74) is 3.37. The van der Waals surface area contributed by atoms with Crippen LogP contribution in [0.4, 0.5) is 0 Å². The zero-order valence-corrected chi connectivity index (χ0v) is 17.7. The van der Waals surface area contributed by atoms with Gasteiger partial charge in [0.25, 0.3) is 5.91 Å². The molecule has 0 saturated carbocycles. The molecule has 0 saturated heterocycles. The number of carbonyl (C=O) groups excluding carboxylic acids is 2. The van der Waals surface area contributed by atoms with Crippen LogP contribution in [-0.4, -0.2) is 41.0 Å². The van der Waals surface area contributed by atoms with Gasteiger partial charge in [-0.2, -0.15) is 0 Å². The minimum Gasteiger partial charge on any atom is -0.355 e. The van der Waals surface area contributed by atoms with Gasteiger partial charge in [0.15, 0.2) is 11.5 Å². The Morgan fingerprint density at radius 2 is 1.86 bits per heavy atom. The molecular formula is C22H31N3O3. The lowest BCUT2D eigenvalue weighted by atomic mass is 10.0. The monoisotopic (exact) mass is 385 g/mol. The van der Waals surface area contributed by atoms with Crippen molar-refractivity contribution in [1.82, 2.24) is 15.4 Å². The van der Waals surface area contributed by atoms with Gasteiger partial charge in [0.2, 0.25) is 5.91 Å². The molecule has 6 heteroatoms. The molecule has 0 aliphatic carbocycles. The number of benzene rings is 1. The molecule has 2 aromatic rings. The molecule has 152 valence electrons. The Hall–Kier alpha value is -2.63. The number of nitrogens with one attached hydrogen (secondary N) is 1. The third-order valence-electron chi connectivity index (χ3n) is 4.32.